The van der Waals surface area contributed by atoms with Crippen molar-refractivity contribution in [3.05, 3.63) is 69.2 Å². The Bertz CT molecular complexity index is 1100. The summed E-state index contributed by atoms with van der Waals surface area (Å²) in [5, 5.41) is 4.68. The van der Waals surface area contributed by atoms with Crippen LogP contribution in [0.5, 0.6) is 0 Å². The summed E-state index contributed by atoms with van der Waals surface area (Å²) in [5.74, 6) is 0.555. The summed E-state index contributed by atoms with van der Waals surface area (Å²) in [5.41, 5.74) is 5.01. The minimum atomic E-state index is -0.322. The van der Waals surface area contributed by atoms with Crippen molar-refractivity contribution in [2.75, 3.05) is 26.2 Å². The topological polar surface area (TPSA) is 45.1 Å². The van der Waals surface area contributed by atoms with Crippen LogP contribution in [0, 0.1) is 19.8 Å². The summed E-state index contributed by atoms with van der Waals surface area (Å²) in [6.45, 7) is 16.3. The van der Waals surface area contributed by atoms with E-state index < -0.39 is 0 Å². The molecule has 0 bridgehead atoms. The van der Waals surface area contributed by atoms with E-state index in [4.69, 9.17) is 4.84 Å². The molecule has 2 aromatic rings. The van der Waals surface area contributed by atoms with Gasteiger partial charge in [0.2, 0.25) is 0 Å². The zero-order valence-corrected chi connectivity index (χ0v) is 24.9. The lowest BCUT2D eigenvalue weighted by Crippen LogP contribution is -2.56. The minimum absolute atomic E-state index is 0.124. The quantitative estimate of drug-likeness (QED) is 0.289. The van der Waals surface area contributed by atoms with Gasteiger partial charge in [-0.2, -0.15) is 0 Å². The zero-order valence-electron chi connectivity index (χ0n) is 23.3. The van der Waals surface area contributed by atoms with Gasteiger partial charge < -0.3 is 9.74 Å². The van der Waals surface area contributed by atoms with Crippen LogP contribution in [0.25, 0.3) is 0 Å². The molecule has 0 aliphatic carbocycles. The van der Waals surface area contributed by atoms with Crippen LogP contribution in [0.1, 0.15) is 80.4 Å². The van der Waals surface area contributed by atoms with Crippen LogP contribution in [0.4, 0.5) is 0 Å². The van der Waals surface area contributed by atoms with E-state index in [2.05, 4.69) is 62.1 Å². The summed E-state index contributed by atoms with van der Waals surface area (Å²) in [6.07, 6.45) is 4.14. The Kier molecular flexibility index (Phi) is 8.49. The average molecular weight is 569 g/mol. The monoisotopic (exact) mass is 567 g/mol. The van der Waals surface area contributed by atoms with Gasteiger partial charge in [-0.05, 0) is 109 Å². The number of likely N-dealkylation sites (tertiary alicyclic amines) is 2. The Morgan fingerprint density at radius 2 is 1.54 bits per heavy atom. The van der Waals surface area contributed by atoms with Gasteiger partial charge in [0.15, 0.2) is 0 Å². The first kappa shape index (κ1) is 27.8. The molecule has 5 nitrogen and oxygen atoms in total. The van der Waals surface area contributed by atoms with E-state index in [0.29, 0.717) is 5.92 Å². The Hall–Kier alpha value is -2.18. The average Bonchev–Trinajstić information content (AvgIpc) is 2.85. The van der Waals surface area contributed by atoms with Gasteiger partial charge in [0.25, 0.3) is 5.91 Å². The number of aryl methyl sites for hydroxylation is 2. The molecule has 2 aliphatic heterocycles. The molecule has 0 N–H and O–H groups in total. The van der Waals surface area contributed by atoms with Crippen LogP contribution in [-0.4, -0.2) is 58.7 Å². The predicted octanol–water partition coefficient (Wildman–Crippen LogP) is 6.99. The number of piperidine rings is 2. The normalized spacial score (nSPS) is 19.6. The maximum atomic E-state index is 13.3. The maximum absolute atomic E-state index is 13.3. The van der Waals surface area contributed by atoms with Crippen molar-refractivity contribution >= 4 is 27.5 Å². The van der Waals surface area contributed by atoms with E-state index in [1.54, 1.807) is 0 Å². The molecule has 2 aliphatic rings. The number of hydrogen-bond acceptors (Lipinski definition) is 4. The highest BCUT2D eigenvalue weighted by Gasteiger charge is 2.39. The smallest absolute Gasteiger partial charge is 0.254 e. The lowest BCUT2D eigenvalue weighted by Gasteiger charge is -2.49. The van der Waals surface area contributed by atoms with E-state index in [1.165, 1.54) is 0 Å². The molecule has 200 valence electrons. The van der Waals surface area contributed by atoms with E-state index in [1.807, 2.05) is 52.8 Å². The summed E-state index contributed by atoms with van der Waals surface area (Å²) >= 11 is 3.55. The van der Waals surface area contributed by atoms with E-state index >= 15 is 0 Å². The van der Waals surface area contributed by atoms with Crippen molar-refractivity contribution in [3.63, 3.8) is 0 Å². The fourth-order valence-electron chi connectivity index (χ4n) is 5.68. The molecule has 0 spiro atoms. The highest BCUT2D eigenvalue weighted by Crippen LogP contribution is 2.34. The molecule has 2 heterocycles. The number of carbonyl (C=O) groups excluding carboxylic acids is 1. The lowest BCUT2D eigenvalue weighted by molar-refractivity contribution is -0.00176. The third-order valence-electron chi connectivity index (χ3n) is 8.03. The molecule has 2 aromatic carbocycles. The Morgan fingerprint density at radius 3 is 2.08 bits per heavy atom. The number of benzene rings is 2. The van der Waals surface area contributed by atoms with Crippen molar-refractivity contribution in [3.8, 4) is 0 Å². The molecular weight excluding hydrogens is 526 g/mol. The van der Waals surface area contributed by atoms with Gasteiger partial charge in [-0.15, -0.1) is 0 Å². The Balaban J connectivity index is 1.40. The van der Waals surface area contributed by atoms with Crippen molar-refractivity contribution < 1.29 is 9.63 Å². The summed E-state index contributed by atoms with van der Waals surface area (Å²) in [6, 6.07) is 14.5. The van der Waals surface area contributed by atoms with Crippen LogP contribution < -0.4 is 0 Å². The fourth-order valence-corrected chi connectivity index (χ4v) is 5.94. The number of rotatable bonds is 5. The van der Waals surface area contributed by atoms with Crippen LogP contribution in [0.15, 0.2) is 52.1 Å². The third-order valence-corrected chi connectivity index (χ3v) is 8.55. The summed E-state index contributed by atoms with van der Waals surface area (Å²) < 4.78 is 1.07. The van der Waals surface area contributed by atoms with Gasteiger partial charge >= 0.3 is 0 Å². The number of nitrogens with zero attached hydrogens (tertiary/aromatic N) is 3. The summed E-state index contributed by atoms with van der Waals surface area (Å²) in [4.78, 5) is 23.9. The van der Waals surface area contributed by atoms with E-state index in [0.717, 1.165) is 84.3 Å². The van der Waals surface area contributed by atoms with Gasteiger partial charge in [-0.25, -0.2) is 0 Å². The second kappa shape index (κ2) is 11.3. The van der Waals surface area contributed by atoms with Crippen LogP contribution in [0.3, 0.4) is 0 Å². The molecule has 4 rings (SSSR count). The van der Waals surface area contributed by atoms with Crippen LogP contribution >= 0.6 is 15.9 Å². The first-order chi connectivity index (χ1) is 17.5. The van der Waals surface area contributed by atoms with Gasteiger partial charge in [-0.3, -0.25) is 9.69 Å². The predicted molar refractivity (Wildman–Crippen MR) is 155 cm³/mol. The highest BCUT2D eigenvalue weighted by atomic mass is 79.9. The molecule has 0 aromatic heterocycles. The third kappa shape index (κ3) is 6.64. The molecule has 6 heteroatoms. The fraction of sp³-hybridized carbons (Fsp3) is 0.548. The van der Waals surface area contributed by atoms with Gasteiger partial charge in [0, 0.05) is 34.6 Å². The maximum Gasteiger partial charge on any atom is 0.254 e. The second-order valence-corrected chi connectivity index (χ2v) is 12.9. The number of amides is 1. The largest absolute Gasteiger partial charge is 0.390 e. The highest BCUT2D eigenvalue weighted by molar-refractivity contribution is 9.10. The number of hydrogen-bond donors (Lipinski definition) is 0. The molecule has 37 heavy (non-hydrogen) atoms. The number of halogens is 1. The molecule has 1 amide bonds. The Morgan fingerprint density at radius 1 is 0.973 bits per heavy atom. The minimum Gasteiger partial charge on any atom is -0.390 e. The first-order valence-electron chi connectivity index (χ1n) is 13.6. The van der Waals surface area contributed by atoms with Gasteiger partial charge in [0.1, 0.15) is 5.60 Å². The molecule has 0 radical (unpaired) electrons. The summed E-state index contributed by atoms with van der Waals surface area (Å²) in [7, 11) is 0. The SMILES string of the molecule is Cc1cccc(C)c1C(=O)N1CCC(C)(N2CCC(/C(=N/OC(C)(C)C)c3ccc(Br)cc3)CC2)CC1. The molecule has 2 fully saturated rings. The van der Waals surface area contributed by atoms with Crippen molar-refractivity contribution in [1.82, 2.24) is 9.80 Å². The first-order valence-corrected chi connectivity index (χ1v) is 14.4. The number of oxime groups is 1. The van der Waals surface area contributed by atoms with Crippen molar-refractivity contribution in [1.29, 1.82) is 0 Å². The molecule has 0 unspecified atom stereocenters. The van der Waals surface area contributed by atoms with Gasteiger partial charge in [-0.1, -0.05) is 51.4 Å². The van der Waals surface area contributed by atoms with E-state index in [9.17, 15) is 4.79 Å². The zero-order chi connectivity index (χ0) is 26.8. The van der Waals surface area contributed by atoms with Gasteiger partial charge in [0.05, 0.1) is 5.71 Å². The number of carbonyl (C=O) groups is 1. The molecule has 0 atom stereocenters. The Labute approximate surface area is 231 Å². The lowest BCUT2D eigenvalue weighted by atomic mass is 9.82. The van der Waals surface area contributed by atoms with Crippen molar-refractivity contribution in [2.24, 2.45) is 11.1 Å². The molecule has 0 saturated carbocycles. The van der Waals surface area contributed by atoms with Crippen molar-refractivity contribution in [2.45, 2.75) is 78.4 Å². The van der Waals surface area contributed by atoms with E-state index in [-0.39, 0.29) is 17.0 Å². The second-order valence-electron chi connectivity index (χ2n) is 12.0. The standard InChI is InChI=1S/C31H42BrN3O2/c1-22-8-7-9-23(2)27(22)29(36)34-20-16-31(6,17-21-34)35-18-14-25(15-19-35)28(33-37-30(3,4)5)24-10-12-26(32)13-11-24/h7-13,25H,14-21H2,1-6H3/b33-28+. The molecular formula is C31H42BrN3O2. The van der Waals surface area contributed by atoms with Crippen LogP contribution in [0.2, 0.25) is 0 Å². The molecule has 2 saturated heterocycles. The van der Waals surface area contributed by atoms with Crippen LogP contribution in [-0.2, 0) is 4.84 Å².